The lowest BCUT2D eigenvalue weighted by Crippen LogP contribution is -2.41. The molecule has 0 unspecified atom stereocenters. The van der Waals surface area contributed by atoms with Crippen molar-refractivity contribution in [2.24, 2.45) is 0 Å². The molecule has 2 aromatic rings. The number of hydrazine groups is 1. The lowest BCUT2D eigenvalue weighted by Gasteiger charge is -2.07. The zero-order chi connectivity index (χ0) is 14.5. The van der Waals surface area contributed by atoms with Gasteiger partial charge >= 0.3 is 0 Å². The van der Waals surface area contributed by atoms with Crippen LogP contribution in [-0.4, -0.2) is 11.8 Å². The minimum Gasteiger partial charge on any atom is -0.267 e. The van der Waals surface area contributed by atoms with Gasteiger partial charge in [0, 0.05) is 16.1 Å². The van der Waals surface area contributed by atoms with E-state index in [1.165, 1.54) is 6.07 Å². The summed E-state index contributed by atoms with van der Waals surface area (Å²) in [6.07, 6.45) is 0. The van der Waals surface area contributed by atoms with Gasteiger partial charge in [0.1, 0.15) is 0 Å². The van der Waals surface area contributed by atoms with Crippen LogP contribution in [0, 0.1) is 6.92 Å². The fraction of sp³-hybridized carbons (Fsp3) is 0.0667. The molecule has 0 fully saturated rings. The summed E-state index contributed by atoms with van der Waals surface area (Å²) in [5.74, 6) is -0.798. The summed E-state index contributed by atoms with van der Waals surface area (Å²) in [4.78, 5) is 23.6. The number of hydrogen-bond donors (Lipinski definition) is 2. The molecule has 0 saturated carbocycles. The van der Waals surface area contributed by atoms with E-state index in [2.05, 4.69) is 10.9 Å². The molecule has 0 atom stereocenters. The topological polar surface area (TPSA) is 58.2 Å². The number of aryl methyl sites for hydroxylation is 1. The molecule has 0 bridgehead atoms. The lowest BCUT2D eigenvalue weighted by molar-refractivity contribution is 0.0846. The predicted octanol–water partition coefficient (Wildman–Crippen LogP) is 2.72. The van der Waals surface area contributed by atoms with Gasteiger partial charge in [0.2, 0.25) is 0 Å². The second-order valence-electron chi connectivity index (χ2n) is 4.28. The largest absolute Gasteiger partial charge is 0.269 e. The van der Waals surface area contributed by atoms with Crippen molar-refractivity contribution in [1.29, 1.82) is 0 Å². The Morgan fingerprint density at radius 1 is 0.900 bits per heavy atom. The molecule has 20 heavy (non-hydrogen) atoms. The summed E-state index contributed by atoms with van der Waals surface area (Å²) in [7, 11) is 0. The Bertz CT molecular complexity index is 639. The molecule has 5 heteroatoms. The average Bonchev–Trinajstić information content (AvgIpc) is 2.45. The third-order valence-electron chi connectivity index (χ3n) is 2.69. The number of benzene rings is 2. The van der Waals surface area contributed by atoms with E-state index >= 15 is 0 Å². The van der Waals surface area contributed by atoms with Gasteiger partial charge in [-0.3, -0.25) is 20.4 Å². The van der Waals surface area contributed by atoms with Crippen molar-refractivity contribution in [3.8, 4) is 0 Å². The van der Waals surface area contributed by atoms with E-state index in [1.807, 2.05) is 19.1 Å². The summed E-state index contributed by atoms with van der Waals surface area (Å²) >= 11 is 5.79. The van der Waals surface area contributed by atoms with Gasteiger partial charge in [0.25, 0.3) is 11.8 Å². The Labute approximate surface area is 121 Å². The highest BCUT2D eigenvalue weighted by Gasteiger charge is 2.09. The first-order valence-electron chi connectivity index (χ1n) is 5.99. The number of rotatable bonds is 2. The second kappa shape index (κ2) is 6.21. The maximum Gasteiger partial charge on any atom is 0.269 e. The molecule has 2 aromatic carbocycles. The fourth-order valence-corrected chi connectivity index (χ4v) is 1.78. The number of nitrogens with one attached hydrogen (secondary N) is 2. The highest BCUT2D eigenvalue weighted by atomic mass is 35.5. The molecule has 102 valence electrons. The van der Waals surface area contributed by atoms with E-state index in [4.69, 9.17) is 11.6 Å². The monoisotopic (exact) mass is 288 g/mol. The van der Waals surface area contributed by atoms with E-state index in [0.29, 0.717) is 16.1 Å². The SMILES string of the molecule is Cc1ccc(C(=O)NNC(=O)c2cccc(Cl)c2)cc1. The smallest absolute Gasteiger partial charge is 0.267 e. The molecule has 0 spiro atoms. The van der Waals surface area contributed by atoms with Crippen LogP contribution in [0.4, 0.5) is 0 Å². The van der Waals surface area contributed by atoms with Crippen molar-refractivity contribution in [3.05, 3.63) is 70.2 Å². The maximum atomic E-state index is 11.8. The molecule has 0 heterocycles. The van der Waals surface area contributed by atoms with Crippen molar-refractivity contribution >= 4 is 23.4 Å². The summed E-state index contributed by atoms with van der Waals surface area (Å²) in [5, 5.41) is 0.461. The van der Waals surface area contributed by atoms with Crippen LogP contribution in [0.5, 0.6) is 0 Å². The van der Waals surface area contributed by atoms with Crippen molar-refractivity contribution in [1.82, 2.24) is 10.9 Å². The molecular weight excluding hydrogens is 276 g/mol. The van der Waals surface area contributed by atoms with Gasteiger partial charge < -0.3 is 0 Å². The summed E-state index contributed by atoms with van der Waals surface area (Å²) < 4.78 is 0. The van der Waals surface area contributed by atoms with E-state index in [9.17, 15) is 9.59 Å². The minimum atomic E-state index is -0.423. The number of halogens is 1. The second-order valence-corrected chi connectivity index (χ2v) is 4.72. The maximum absolute atomic E-state index is 11.8. The van der Waals surface area contributed by atoms with Gasteiger partial charge in [-0.05, 0) is 37.3 Å². The van der Waals surface area contributed by atoms with Crippen LogP contribution in [0.1, 0.15) is 26.3 Å². The van der Waals surface area contributed by atoms with Crippen molar-refractivity contribution in [3.63, 3.8) is 0 Å². The minimum absolute atomic E-state index is 0.375. The van der Waals surface area contributed by atoms with Gasteiger partial charge in [-0.2, -0.15) is 0 Å². The van der Waals surface area contributed by atoms with Crippen molar-refractivity contribution in [2.45, 2.75) is 6.92 Å². The first-order chi connectivity index (χ1) is 9.56. The van der Waals surface area contributed by atoms with Crippen LogP contribution in [0.25, 0.3) is 0 Å². The molecule has 0 aromatic heterocycles. The summed E-state index contributed by atoms with van der Waals surface area (Å²) in [5.41, 5.74) is 6.61. The molecule has 2 N–H and O–H groups in total. The highest BCUT2D eigenvalue weighted by molar-refractivity contribution is 6.30. The first kappa shape index (κ1) is 14.1. The zero-order valence-corrected chi connectivity index (χ0v) is 11.6. The normalized spacial score (nSPS) is 9.90. The highest BCUT2D eigenvalue weighted by Crippen LogP contribution is 2.10. The molecule has 2 rings (SSSR count). The third kappa shape index (κ3) is 3.59. The Balaban J connectivity index is 1.96. The van der Waals surface area contributed by atoms with Crippen molar-refractivity contribution < 1.29 is 9.59 Å². The average molecular weight is 289 g/mol. The van der Waals surface area contributed by atoms with Crippen LogP contribution in [0.15, 0.2) is 48.5 Å². The van der Waals surface area contributed by atoms with Crippen LogP contribution in [-0.2, 0) is 0 Å². The van der Waals surface area contributed by atoms with E-state index < -0.39 is 5.91 Å². The van der Waals surface area contributed by atoms with Gasteiger partial charge in [-0.25, -0.2) is 0 Å². The molecule has 0 aliphatic heterocycles. The number of carbonyl (C=O) groups is 2. The summed E-state index contributed by atoms with van der Waals surface area (Å²) in [6.45, 7) is 1.93. The quantitative estimate of drug-likeness (QED) is 0.835. The molecule has 4 nitrogen and oxygen atoms in total. The third-order valence-corrected chi connectivity index (χ3v) is 2.93. The molecule has 0 radical (unpaired) electrons. The Morgan fingerprint density at radius 2 is 1.50 bits per heavy atom. The van der Waals surface area contributed by atoms with Crippen LogP contribution >= 0.6 is 11.6 Å². The first-order valence-corrected chi connectivity index (χ1v) is 6.37. The van der Waals surface area contributed by atoms with Crippen LogP contribution < -0.4 is 10.9 Å². The van der Waals surface area contributed by atoms with Gasteiger partial charge in [-0.1, -0.05) is 35.4 Å². The number of hydrogen-bond acceptors (Lipinski definition) is 2. The summed E-state index contributed by atoms with van der Waals surface area (Å²) in [6, 6.07) is 13.5. The standard InChI is InChI=1S/C15H13ClN2O2/c1-10-5-7-11(8-6-10)14(19)17-18-15(20)12-3-2-4-13(16)9-12/h2-9H,1H3,(H,17,19)(H,18,20). The van der Waals surface area contributed by atoms with Crippen molar-refractivity contribution in [2.75, 3.05) is 0 Å². The number of carbonyl (C=O) groups excluding carboxylic acids is 2. The predicted molar refractivity (Wildman–Crippen MR) is 77.6 cm³/mol. The van der Waals surface area contributed by atoms with E-state index in [0.717, 1.165) is 5.56 Å². The van der Waals surface area contributed by atoms with E-state index in [1.54, 1.807) is 30.3 Å². The molecule has 0 aliphatic carbocycles. The van der Waals surface area contributed by atoms with E-state index in [-0.39, 0.29) is 5.91 Å². The van der Waals surface area contributed by atoms with Gasteiger partial charge in [-0.15, -0.1) is 0 Å². The van der Waals surface area contributed by atoms with Gasteiger partial charge in [0.15, 0.2) is 0 Å². The lowest BCUT2D eigenvalue weighted by atomic mass is 10.1. The number of amides is 2. The van der Waals surface area contributed by atoms with Crippen LogP contribution in [0.2, 0.25) is 5.02 Å². The Morgan fingerprint density at radius 3 is 2.10 bits per heavy atom. The molecule has 0 saturated heterocycles. The zero-order valence-electron chi connectivity index (χ0n) is 10.8. The molecular formula is C15H13ClN2O2. The molecule has 0 aliphatic rings. The van der Waals surface area contributed by atoms with Gasteiger partial charge in [0.05, 0.1) is 0 Å². The molecule has 2 amide bonds. The Kier molecular flexibility index (Phi) is 4.38. The van der Waals surface area contributed by atoms with Crippen LogP contribution in [0.3, 0.4) is 0 Å². The Hall–Kier alpha value is -2.33. The fourth-order valence-electron chi connectivity index (χ4n) is 1.59.